The molecule has 0 saturated carbocycles. The van der Waals surface area contributed by atoms with Gasteiger partial charge in [0.15, 0.2) is 5.65 Å². The molecule has 0 unspecified atom stereocenters. The van der Waals surface area contributed by atoms with Crippen molar-refractivity contribution in [3.05, 3.63) is 78.3 Å². The average Bonchev–Trinajstić information content (AvgIpc) is 2.75. The summed E-state index contributed by atoms with van der Waals surface area (Å²) in [7, 11) is 1.52. The molecule has 0 aliphatic rings. The SMILES string of the molecule is CNC(=O)c1cc(Nc2cc(-c3cc(F)ccc3F)nc3ncccc23)ccn1. The van der Waals surface area contributed by atoms with E-state index in [2.05, 4.69) is 25.6 Å². The van der Waals surface area contributed by atoms with Crippen LogP contribution in [0, 0.1) is 11.6 Å². The largest absolute Gasteiger partial charge is 0.355 e. The standard InChI is InChI=1S/C21H15F2N5O/c1-24-21(29)19-10-13(6-8-25-19)27-17-11-18(15-9-12(22)4-5-16(15)23)28-20-14(17)3-2-7-26-20/h2-11H,1H3,(H,24,29)(H,25,26,27,28). The van der Waals surface area contributed by atoms with Crippen LogP contribution in [0.4, 0.5) is 20.2 Å². The summed E-state index contributed by atoms with van der Waals surface area (Å²) in [4.78, 5) is 24.5. The lowest BCUT2D eigenvalue weighted by atomic mass is 10.1. The smallest absolute Gasteiger partial charge is 0.269 e. The van der Waals surface area contributed by atoms with E-state index in [4.69, 9.17) is 0 Å². The predicted molar refractivity (Wildman–Crippen MR) is 106 cm³/mol. The third kappa shape index (κ3) is 3.73. The van der Waals surface area contributed by atoms with Crippen molar-refractivity contribution in [1.82, 2.24) is 20.3 Å². The molecule has 4 rings (SSSR count). The summed E-state index contributed by atoms with van der Waals surface area (Å²) in [5, 5.41) is 6.40. The fourth-order valence-electron chi connectivity index (χ4n) is 2.91. The van der Waals surface area contributed by atoms with Gasteiger partial charge in [0.05, 0.1) is 11.4 Å². The number of rotatable bonds is 4. The van der Waals surface area contributed by atoms with E-state index >= 15 is 0 Å². The molecule has 6 nitrogen and oxygen atoms in total. The molecule has 3 aromatic heterocycles. The van der Waals surface area contributed by atoms with Gasteiger partial charge < -0.3 is 10.6 Å². The summed E-state index contributed by atoms with van der Waals surface area (Å²) in [5.74, 6) is -1.48. The van der Waals surface area contributed by atoms with E-state index in [1.165, 1.54) is 13.2 Å². The van der Waals surface area contributed by atoms with Gasteiger partial charge in [0.1, 0.15) is 17.3 Å². The van der Waals surface area contributed by atoms with Crippen molar-refractivity contribution in [3.8, 4) is 11.3 Å². The molecule has 0 spiro atoms. The van der Waals surface area contributed by atoms with Crippen LogP contribution in [0.2, 0.25) is 0 Å². The number of nitrogens with one attached hydrogen (secondary N) is 2. The van der Waals surface area contributed by atoms with Crippen LogP contribution in [0.25, 0.3) is 22.3 Å². The highest BCUT2D eigenvalue weighted by molar-refractivity contribution is 5.95. The Labute approximate surface area is 164 Å². The molecule has 0 aliphatic heterocycles. The Hall–Kier alpha value is -3.94. The lowest BCUT2D eigenvalue weighted by Crippen LogP contribution is -2.19. The fraction of sp³-hybridized carbons (Fsp3) is 0.0476. The van der Waals surface area contributed by atoms with Gasteiger partial charge in [0.25, 0.3) is 5.91 Å². The predicted octanol–water partition coefficient (Wildman–Crippen LogP) is 4.07. The summed E-state index contributed by atoms with van der Waals surface area (Å²) in [6, 6.07) is 11.6. The molecule has 4 aromatic rings. The van der Waals surface area contributed by atoms with E-state index in [9.17, 15) is 13.6 Å². The van der Waals surface area contributed by atoms with E-state index in [1.807, 2.05) is 6.07 Å². The van der Waals surface area contributed by atoms with Crippen LogP contribution < -0.4 is 10.6 Å². The van der Waals surface area contributed by atoms with Crippen LogP contribution in [0.1, 0.15) is 10.5 Å². The molecule has 0 aliphatic carbocycles. The van der Waals surface area contributed by atoms with Gasteiger partial charge in [-0.25, -0.2) is 18.7 Å². The van der Waals surface area contributed by atoms with Crippen molar-refractivity contribution < 1.29 is 13.6 Å². The van der Waals surface area contributed by atoms with Crippen molar-refractivity contribution in [2.45, 2.75) is 0 Å². The van der Waals surface area contributed by atoms with Crippen LogP contribution in [-0.4, -0.2) is 27.9 Å². The van der Waals surface area contributed by atoms with Gasteiger partial charge in [-0.15, -0.1) is 0 Å². The number of halogens is 2. The number of aromatic nitrogens is 3. The van der Waals surface area contributed by atoms with Crippen LogP contribution in [0.15, 0.2) is 60.9 Å². The number of carbonyl (C=O) groups is 1. The average molecular weight is 391 g/mol. The Morgan fingerprint density at radius 2 is 1.86 bits per heavy atom. The quantitative estimate of drug-likeness (QED) is 0.548. The normalized spacial score (nSPS) is 10.7. The van der Waals surface area contributed by atoms with Crippen molar-refractivity contribution in [2.24, 2.45) is 0 Å². The van der Waals surface area contributed by atoms with Gasteiger partial charge in [-0.05, 0) is 48.5 Å². The molecule has 29 heavy (non-hydrogen) atoms. The summed E-state index contributed by atoms with van der Waals surface area (Å²) in [6.45, 7) is 0. The summed E-state index contributed by atoms with van der Waals surface area (Å²) >= 11 is 0. The third-order valence-corrected chi connectivity index (χ3v) is 4.29. The van der Waals surface area contributed by atoms with Gasteiger partial charge >= 0.3 is 0 Å². The minimum atomic E-state index is -0.592. The zero-order valence-corrected chi connectivity index (χ0v) is 15.3. The fourth-order valence-corrected chi connectivity index (χ4v) is 2.91. The number of benzene rings is 1. The molecule has 0 radical (unpaired) electrons. The molecule has 0 fully saturated rings. The highest BCUT2D eigenvalue weighted by atomic mass is 19.1. The molecule has 0 bridgehead atoms. The maximum atomic E-state index is 14.3. The molecule has 3 heterocycles. The summed E-state index contributed by atoms with van der Waals surface area (Å²) in [5.41, 5.74) is 2.05. The Balaban J connectivity index is 1.84. The Morgan fingerprint density at radius 1 is 1.00 bits per heavy atom. The van der Waals surface area contributed by atoms with E-state index in [0.29, 0.717) is 22.4 Å². The van der Waals surface area contributed by atoms with Crippen LogP contribution >= 0.6 is 0 Å². The second kappa shape index (κ2) is 7.59. The third-order valence-electron chi connectivity index (χ3n) is 4.29. The topological polar surface area (TPSA) is 79.8 Å². The second-order valence-corrected chi connectivity index (χ2v) is 6.19. The van der Waals surface area contributed by atoms with Crippen molar-refractivity contribution in [2.75, 3.05) is 12.4 Å². The van der Waals surface area contributed by atoms with Crippen molar-refractivity contribution >= 4 is 28.3 Å². The first-order valence-corrected chi connectivity index (χ1v) is 8.71. The molecule has 0 atom stereocenters. The van der Waals surface area contributed by atoms with E-state index in [1.54, 1.807) is 30.5 Å². The molecular formula is C21H15F2N5O. The number of anilines is 2. The zero-order valence-electron chi connectivity index (χ0n) is 15.3. The molecule has 2 N–H and O–H groups in total. The molecule has 0 saturated heterocycles. The summed E-state index contributed by atoms with van der Waals surface area (Å²) < 4.78 is 28.0. The van der Waals surface area contributed by atoms with Crippen LogP contribution in [0.5, 0.6) is 0 Å². The minimum absolute atomic E-state index is 0.0291. The van der Waals surface area contributed by atoms with Gasteiger partial charge in [-0.2, -0.15) is 0 Å². The number of fused-ring (bicyclic) bond motifs is 1. The van der Waals surface area contributed by atoms with Crippen molar-refractivity contribution in [3.63, 3.8) is 0 Å². The Morgan fingerprint density at radius 3 is 2.69 bits per heavy atom. The first-order valence-electron chi connectivity index (χ1n) is 8.71. The Bertz CT molecular complexity index is 1230. The van der Waals surface area contributed by atoms with Gasteiger partial charge in [0, 0.05) is 36.1 Å². The number of carbonyl (C=O) groups excluding carboxylic acids is 1. The van der Waals surface area contributed by atoms with Gasteiger partial charge in [0.2, 0.25) is 0 Å². The highest BCUT2D eigenvalue weighted by Crippen LogP contribution is 2.31. The number of hydrogen-bond acceptors (Lipinski definition) is 5. The van der Waals surface area contributed by atoms with Gasteiger partial charge in [-0.3, -0.25) is 9.78 Å². The first-order chi connectivity index (χ1) is 14.0. The van der Waals surface area contributed by atoms with E-state index in [-0.39, 0.29) is 22.9 Å². The number of hydrogen-bond donors (Lipinski definition) is 2. The van der Waals surface area contributed by atoms with E-state index in [0.717, 1.165) is 18.2 Å². The van der Waals surface area contributed by atoms with Gasteiger partial charge in [-0.1, -0.05) is 0 Å². The lowest BCUT2D eigenvalue weighted by molar-refractivity contribution is 0.0958. The molecular weight excluding hydrogens is 376 g/mol. The van der Waals surface area contributed by atoms with Crippen molar-refractivity contribution in [1.29, 1.82) is 0 Å². The highest BCUT2D eigenvalue weighted by Gasteiger charge is 2.14. The zero-order chi connectivity index (χ0) is 20.4. The second-order valence-electron chi connectivity index (χ2n) is 6.19. The minimum Gasteiger partial charge on any atom is -0.355 e. The maximum Gasteiger partial charge on any atom is 0.269 e. The Kier molecular flexibility index (Phi) is 4.82. The molecule has 1 amide bonds. The van der Waals surface area contributed by atoms with E-state index < -0.39 is 11.6 Å². The molecule has 1 aromatic carbocycles. The van der Waals surface area contributed by atoms with Crippen LogP contribution in [0.3, 0.4) is 0 Å². The molecule has 8 heteroatoms. The number of pyridine rings is 3. The number of nitrogens with zero attached hydrogens (tertiary/aromatic N) is 3. The lowest BCUT2D eigenvalue weighted by Gasteiger charge is -2.12. The summed E-state index contributed by atoms with van der Waals surface area (Å²) in [6.07, 6.45) is 3.07. The monoisotopic (exact) mass is 391 g/mol. The molecule has 144 valence electrons. The maximum absolute atomic E-state index is 14.3. The number of amides is 1. The van der Waals surface area contributed by atoms with Crippen LogP contribution in [-0.2, 0) is 0 Å². The first kappa shape index (κ1) is 18.4.